The van der Waals surface area contributed by atoms with Gasteiger partial charge < -0.3 is 20.1 Å². The topological polar surface area (TPSA) is 102 Å². The molecule has 8 heteroatoms. The average Bonchev–Trinajstić information content (AvgIpc) is 2.63. The molecule has 0 saturated carbocycles. The number of amides is 2. The van der Waals surface area contributed by atoms with Gasteiger partial charge in [-0.15, -0.1) is 0 Å². The number of carbonyl (C=O) groups is 2. The fraction of sp³-hybridized carbons (Fsp3) is 0.294. The van der Waals surface area contributed by atoms with E-state index in [-0.39, 0.29) is 30.7 Å². The van der Waals surface area contributed by atoms with Crippen molar-refractivity contribution in [3.63, 3.8) is 0 Å². The monoisotopic (exact) mass is 344 g/mol. The molecule has 0 aliphatic rings. The predicted molar refractivity (Wildman–Crippen MR) is 91.4 cm³/mol. The second-order valence-corrected chi connectivity index (χ2v) is 4.97. The number of pyridine rings is 2. The van der Waals surface area contributed by atoms with Gasteiger partial charge in [-0.1, -0.05) is 6.07 Å². The molecule has 2 aromatic heterocycles. The van der Waals surface area contributed by atoms with Gasteiger partial charge in [-0.2, -0.15) is 0 Å². The number of hydrogen-bond acceptors (Lipinski definition) is 6. The van der Waals surface area contributed by atoms with Crippen LogP contribution in [0.15, 0.2) is 42.7 Å². The minimum atomic E-state index is -0.355. The average molecular weight is 344 g/mol. The Morgan fingerprint density at radius 1 is 1.08 bits per heavy atom. The van der Waals surface area contributed by atoms with Crippen molar-refractivity contribution in [1.82, 2.24) is 15.3 Å². The molecule has 0 unspecified atom stereocenters. The lowest BCUT2D eigenvalue weighted by atomic mass is 10.2. The summed E-state index contributed by atoms with van der Waals surface area (Å²) < 4.78 is 10.3. The predicted octanol–water partition coefficient (Wildman–Crippen LogP) is 1.26. The van der Waals surface area contributed by atoms with Gasteiger partial charge in [0.25, 0.3) is 5.91 Å². The third kappa shape index (κ3) is 6.19. The minimum absolute atomic E-state index is 0.127. The summed E-state index contributed by atoms with van der Waals surface area (Å²) in [6, 6.07) is 8.48. The number of carbonyl (C=O) groups excluding carboxylic acids is 2. The highest BCUT2D eigenvalue weighted by Crippen LogP contribution is 2.14. The van der Waals surface area contributed by atoms with Gasteiger partial charge in [0, 0.05) is 32.5 Å². The molecule has 0 aromatic carbocycles. The lowest BCUT2D eigenvalue weighted by Crippen LogP contribution is -2.28. The summed E-state index contributed by atoms with van der Waals surface area (Å²) >= 11 is 0. The lowest BCUT2D eigenvalue weighted by Gasteiger charge is -2.10. The number of ether oxygens (including phenoxy) is 2. The number of rotatable bonds is 9. The van der Waals surface area contributed by atoms with Crippen molar-refractivity contribution in [3.8, 4) is 5.88 Å². The van der Waals surface area contributed by atoms with Crippen LogP contribution in [0.2, 0.25) is 0 Å². The maximum absolute atomic E-state index is 12.2. The summed E-state index contributed by atoms with van der Waals surface area (Å²) in [6.45, 7) is 0.871. The number of hydrogen-bond donors (Lipinski definition) is 2. The summed E-state index contributed by atoms with van der Waals surface area (Å²) in [6.07, 6.45) is 3.26. The van der Waals surface area contributed by atoms with Crippen molar-refractivity contribution in [2.45, 2.75) is 6.42 Å². The smallest absolute Gasteiger partial charge is 0.256 e. The van der Waals surface area contributed by atoms with E-state index >= 15 is 0 Å². The zero-order chi connectivity index (χ0) is 17.9. The highest BCUT2D eigenvalue weighted by atomic mass is 16.5. The zero-order valence-electron chi connectivity index (χ0n) is 13.9. The first-order valence-corrected chi connectivity index (χ1v) is 7.76. The van der Waals surface area contributed by atoms with Crippen LogP contribution in [0, 0.1) is 0 Å². The van der Waals surface area contributed by atoms with Crippen molar-refractivity contribution in [3.05, 3.63) is 48.3 Å². The Kier molecular flexibility index (Phi) is 7.33. The van der Waals surface area contributed by atoms with Crippen molar-refractivity contribution >= 4 is 17.6 Å². The number of nitrogens with one attached hydrogen (secondary N) is 2. The van der Waals surface area contributed by atoms with E-state index in [2.05, 4.69) is 20.6 Å². The van der Waals surface area contributed by atoms with E-state index in [1.54, 1.807) is 49.8 Å². The van der Waals surface area contributed by atoms with Crippen LogP contribution in [-0.4, -0.2) is 48.7 Å². The quantitative estimate of drug-likeness (QED) is 0.664. The highest BCUT2D eigenvalue weighted by Gasteiger charge is 2.13. The first kappa shape index (κ1) is 18.3. The molecule has 0 aliphatic heterocycles. The van der Waals surface area contributed by atoms with Crippen LogP contribution in [0.4, 0.5) is 5.82 Å². The zero-order valence-corrected chi connectivity index (χ0v) is 13.9. The Morgan fingerprint density at radius 3 is 2.68 bits per heavy atom. The first-order valence-electron chi connectivity index (χ1n) is 7.76. The van der Waals surface area contributed by atoms with Gasteiger partial charge in [0.15, 0.2) is 0 Å². The molecule has 2 amide bonds. The maximum atomic E-state index is 12.2. The molecule has 0 spiro atoms. The van der Waals surface area contributed by atoms with Crippen molar-refractivity contribution in [2.75, 3.05) is 32.2 Å². The molecule has 8 nitrogen and oxygen atoms in total. The van der Waals surface area contributed by atoms with Gasteiger partial charge in [-0.25, -0.2) is 9.97 Å². The fourth-order valence-corrected chi connectivity index (χ4v) is 1.93. The van der Waals surface area contributed by atoms with Gasteiger partial charge in [0.1, 0.15) is 18.0 Å². The number of nitrogens with zero attached hydrogens (tertiary/aromatic N) is 2. The summed E-state index contributed by atoms with van der Waals surface area (Å²) in [5, 5.41) is 5.32. The maximum Gasteiger partial charge on any atom is 0.256 e. The third-order valence-corrected chi connectivity index (χ3v) is 3.11. The number of aromatic nitrogens is 2. The molecule has 0 saturated heterocycles. The molecule has 0 aliphatic carbocycles. The van der Waals surface area contributed by atoms with Crippen LogP contribution in [0.3, 0.4) is 0 Å². The van der Waals surface area contributed by atoms with E-state index in [0.29, 0.717) is 24.6 Å². The fourth-order valence-electron chi connectivity index (χ4n) is 1.93. The molecule has 2 heterocycles. The number of methoxy groups -OCH3 is 1. The Hall–Kier alpha value is -3.00. The Bertz CT molecular complexity index is 694. The molecular weight excluding hydrogens is 324 g/mol. The summed E-state index contributed by atoms with van der Waals surface area (Å²) in [7, 11) is 1.56. The van der Waals surface area contributed by atoms with E-state index in [1.165, 1.54) is 0 Å². The van der Waals surface area contributed by atoms with E-state index in [4.69, 9.17) is 9.47 Å². The second-order valence-electron chi connectivity index (χ2n) is 4.97. The minimum Gasteiger partial charge on any atom is -0.475 e. The van der Waals surface area contributed by atoms with Crippen molar-refractivity contribution in [2.24, 2.45) is 0 Å². The Labute approximate surface area is 145 Å². The van der Waals surface area contributed by atoms with E-state index in [1.807, 2.05) is 0 Å². The summed E-state index contributed by atoms with van der Waals surface area (Å²) in [5.41, 5.74) is 0.309. The van der Waals surface area contributed by atoms with E-state index in [0.717, 1.165) is 0 Å². The van der Waals surface area contributed by atoms with Gasteiger partial charge in [-0.3, -0.25) is 9.59 Å². The van der Waals surface area contributed by atoms with Gasteiger partial charge in [0.2, 0.25) is 11.8 Å². The standard InChI is InChI=1S/C17H20N4O4/c1-24-11-12-25-17-13(5-4-9-20-17)16(23)19-10-7-15(22)21-14-6-2-3-8-18-14/h2-6,8-9H,7,10-12H2,1H3,(H,19,23)(H,18,21,22). The van der Waals surface area contributed by atoms with Crippen molar-refractivity contribution in [1.29, 1.82) is 0 Å². The van der Waals surface area contributed by atoms with Crippen LogP contribution in [0.25, 0.3) is 0 Å². The summed E-state index contributed by atoms with van der Waals surface area (Å²) in [5.74, 6) is 0.114. The Balaban J connectivity index is 1.81. The molecule has 2 aromatic rings. The van der Waals surface area contributed by atoms with E-state index < -0.39 is 0 Å². The SMILES string of the molecule is COCCOc1ncccc1C(=O)NCCC(=O)Nc1ccccn1. The van der Waals surface area contributed by atoms with Crippen LogP contribution in [0.1, 0.15) is 16.8 Å². The molecule has 132 valence electrons. The van der Waals surface area contributed by atoms with Crippen LogP contribution < -0.4 is 15.4 Å². The van der Waals surface area contributed by atoms with Gasteiger partial charge in [0.05, 0.1) is 6.61 Å². The van der Waals surface area contributed by atoms with Crippen LogP contribution in [0.5, 0.6) is 5.88 Å². The normalized spacial score (nSPS) is 10.1. The molecule has 0 atom stereocenters. The first-order chi connectivity index (χ1) is 12.2. The molecule has 0 bridgehead atoms. The Morgan fingerprint density at radius 2 is 1.92 bits per heavy atom. The van der Waals surface area contributed by atoms with Gasteiger partial charge >= 0.3 is 0 Å². The largest absolute Gasteiger partial charge is 0.475 e. The molecule has 2 rings (SSSR count). The lowest BCUT2D eigenvalue weighted by molar-refractivity contribution is -0.116. The van der Waals surface area contributed by atoms with Gasteiger partial charge in [-0.05, 0) is 24.3 Å². The molecule has 0 fully saturated rings. The number of anilines is 1. The van der Waals surface area contributed by atoms with Crippen LogP contribution >= 0.6 is 0 Å². The van der Waals surface area contributed by atoms with E-state index in [9.17, 15) is 9.59 Å². The molecule has 2 N–H and O–H groups in total. The molecular formula is C17H20N4O4. The highest BCUT2D eigenvalue weighted by molar-refractivity contribution is 5.97. The molecule has 0 radical (unpaired) electrons. The van der Waals surface area contributed by atoms with Crippen molar-refractivity contribution < 1.29 is 19.1 Å². The second kappa shape index (κ2) is 9.99. The summed E-state index contributed by atoms with van der Waals surface area (Å²) in [4.78, 5) is 32.1. The van der Waals surface area contributed by atoms with Crippen LogP contribution in [-0.2, 0) is 9.53 Å². The third-order valence-electron chi connectivity index (χ3n) is 3.11. The molecule has 25 heavy (non-hydrogen) atoms.